The van der Waals surface area contributed by atoms with Gasteiger partial charge in [0.1, 0.15) is 18.3 Å². The first-order chi connectivity index (χ1) is 8.92. The summed E-state index contributed by atoms with van der Waals surface area (Å²) in [6.45, 7) is 6.13. The predicted octanol–water partition coefficient (Wildman–Crippen LogP) is 1.27. The van der Waals surface area contributed by atoms with Gasteiger partial charge >= 0.3 is 6.09 Å². The molecule has 2 rings (SSSR count). The van der Waals surface area contributed by atoms with Crippen LogP contribution in [0.4, 0.5) is 4.79 Å². The standard InChI is InChI=1S/C11H17N5O2S/c1-11(2,3)18-10(17)15-9-14-8(5-19-9)4-16-7-12-6-13-16/h6-8H,4-5H2,1-3H3,(H,14,15,17)/t8-/m0/s1. The Morgan fingerprint density at radius 3 is 3.05 bits per heavy atom. The van der Waals surface area contributed by atoms with Crippen LogP contribution in [0.1, 0.15) is 20.8 Å². The minimum Gasteiger partial charge on any atom is -0.444 e. The zero-order valence-corrected chi connectivity index (χ0v) is 12.0. The summed E-state index contributed by atoms with van der Waals surface area (Å²) in [5.74, 6) is 0.811. The Kier molecular flexibility index (Phi) is 4.08. The first-order valence-corrected chi connectivity index (χ1v) is 6.94. The maximum absolute atomic E-state index is 11.6. The smallest absolute Gasteiger partial charge is 0.413 e. The summed E-state index contributed by atoms with van der Waals surface area (Å²) in [6.07, 6.45) is 2.67. The van der Waals surface area contributed by atoms with E-state index in [4.69, 9.17) is 4.74 Å². The number of carbonyl (C=O) groups is 1. The lowest BCUT2D eigenvalue weighted by Crippen LogP contribution is -2.34. The molecule has 0 bridgehead atoms. The summed E-state index contributed by atoms with van der Waals surface area (Å²) >= 11 is 1.50. The fourth-order valence-electron chi connectivity index (χ4n) is 1.51. The number of amidine groups is 1. The summed E-state index contributed by atoms with van der Waals surface area (Å²) < 4.78 is 6.90. The maximum atomic E-state index is 11.6. The summed E-state index contributed by atoms with van der Waals surface area (Å²) in [6, 6.07) is 0.0941. The first kappa shape index (κ1) is 13.9. The van der Waals surface area contributed by atoms with Gasteiger partial charge in [-0.05, 0) is 20.8 Å². The molecule has 0 aliphatic carbocycles. The van der Waals surface area contributed by atoms with Gasteiger partial charge in [0.15, 0.2) is 5.17 Å². The minimum atomic E-state index is -0.506. The van der Waals surface area contributed by atoms with Crippen LogP contribution in [0, 0.1) is 0 Å². The molecule has 1 aliphatic rings. The number of aliphatic imine (C=N–C) groups is 1. The van der Waals surface area contributed by atoms with E-state index in [1.54, 1.807) is 11.0 Å². The second-order valence-corrected chi connectivity index (χ2v) is 6.15. The Bertz CT molecular complexity index is 466. The van der Waals surface area contributed by atoms with Crippen LogP contribution in [0.2, 0.25) is 0 Å². The van der Waals surface area contributed by atoms with Crippen LogP contribution in [-0.2, 0) is 11.3 Å². The van der Waals surface area contributed by atoms with Crippen molar-refractivity contribution in [3.63, 3.8) is 0 Å². The van der Waals surface area contributed by atoms with E-state index in [1.807, 2.05) is 20.8 Å². The van der Waals surface area contributed by atoms with Crippen LogP contribution in [0.15, 0.2) is 17.6 Å². The molecular weight excluding hydrogens is 266 g/mol. The molecule has 1 aromatic heterocycles. The van der Waals surface area contributed by atoms with Crippen LogP contribution >= 0.6 is 11.8 Å². The van der Waals surface area contributed by atoms with Crippen molar-refractivity contribution in [2.24, 2.45) is 4.99 Å². The molecule has 0 aromatic carbocycles. The molecule has 1 amide bonds. The molecule has 0 saturated heterocycles. The second kappa shape index (κ2) is 5.60. The Hall–Kier alpha value is -1.57. The molecule has 1 N–H and O–H groups in total. The van der Waals surface area contributed by atoms with Crippen LogP contribution in [-0.4, -0.2) is 43.4 Å². The van der Waals surface area contributed by atoms with E-state index in [2.05, 4.69) is 20.4 Å². The van der Waals surface area contributed by atoms with E-state index in [1.165, 1.54) is 18.1 Å². The fourth-order valence-corrected chi connectivity index (χ4v) is 2.42. The molecule has 0 saturated carbocycles. The molecule has 104 valence electrons. The molecule has 7 nitrogen and oxygen atoms in total. The Morgan fingerprint density at radius 1 is 1.63 bits per heavy atom. The van der Waals surface area contributed by atoms with Gasteiger partial charge in [0.25, 0.3) is 0 Å². The van der Waals surface area contributed by atoms with Crippen molar-refractivity contribution in [3.8, 4) is 0 Å². The first-order valence-electron chi connectivity index (χ1n) is 5.95. The van der Waals surface area contributed by atoms with E-state index in [0.29, 0.717) is 11.7 Å². The average molecular weight is 283 g/mol. The van der Waals surface area contributed by atoms with Crippen LogP contribution in [0.25, 0.3) is 0 Å². The number of hydrogen-bond acceptors (Lipinski definition) is 6. The van der Waals surface area contributed by atoms with Crippen molar-refractivity contribution in [2.75, 3.05) is 5.75 Å². The number of alkyl carbamates (subject to hydrolysis) is 1. The van der Waals surface area contributed by atoms with Crippen LogP contribution in [0.3, 0.4) is 0 Å². The van der Waals surface area contributed by atoms with Gasteiger partial charge < -0.3 is 4.74 Å². The number of nitrogens with zero attached hydrogens (tertiary/aromatic N) is 4. The van der Waals surface area contributed by atoms with E-state index >= 15 is 0 Å². The number of rotatable bonds is 2. The highest BCUT2D eigenvalue weighted by atomic mass is 32.2. The van der Waals surface area contributed by atoms with Gasteiger partial charge in [-0.2, -0.15) is 5.10 Å². The number of aromatic nitrogens is 3. The molecule has 2 heterocycles. The zero-order chi connectivity index (χ0) is 13.9. The van der Waals surface area contributed by atoms with Gasteiger partial charge in [-0.3, -0.25) is 15.0 Å². The number of nitrogens with one attached hydrogen (secondary N) is 1. The van der Waals surface area contributed by atoms with Crippen LogP contribution in [0.5, 0.6) is 0 Å². The molecule has 8 heteroatoms. The third-order valence-electron chi connectivity index (χ3n) is 2.18. The highest BCUT2D eigenvalue weighted by Crippen LogP contribution is 2.18. The number of carbonyl (C=O) groups excluding carboxylic acids is 1. The van der Waals surface area contributed by atoms with Crippen molar-refractivity contribution in [2.45, 2.75) is 39.0 Å². The van der Waals surface area contributed by atoms with Gasteiger partial charge in [0.05, 0.1) is 12.6 Å². The second-order valence-electron chi connectivity index (χ2n) is 5.14. The predicted molar refractivity (Wildman–Crippen MR) is 73.1 cm³/mol. The summed E-state index contributed by atoms with van der Waals surface area (Å²) in [4.78, 5) is 19.9. The van der Waals surface area contributed by atoms with Gasteiger partial charge in [-0.25, -0.2) is 9.78 Å². The Balaban J connectivity index is 1.84. The maximum Gasteiger partial charge on any atom is 0.413 e. The zero-order valence-electron chi connectivity index (χ0n) is 11.2. The van der Waals surface area contributed by atoms with Crippen molar-refractivity contribution in [1.29, 1.82) is 0 Å². The SMILES string of the molecule is CC(C)(C)OC(=O)NC1=N[C@@H](Cn2cncn2)CS1. The average Bonchev–Trinajstić information content (AvgIpc) is 2.88. The normalized spacial score (nSPS) is 19.1. The molecule has 19 heavy (non-hydrogen) atoms. The molecule has 0 unspecified atom stereocenters. The molecule has 1 aromatic rings. The third kappa shape index (κ3) is 4.55. The Labute approximate surface area is 115 Å². The van der Waals surface area contributed by atoms with Crippen LogP contribution < -0.4 is 5.32 Å². The largest absolute Gasteiger partial charge is 0.444 e. The molecule has 0 radical (unpaired) electrons. The summed E-state index contributed by atoms with van der Waals surface area (Å²) in [7, 11) is 0. The van der Waals surface area contributed by atoms with Gasteiger partial charge in [0.2, 0.25) is 0 Å². The van der Waals surface area contributed by atoms with Crippen molar-refractivity contribution in [1.82, 2.24) is 20.1 Å². The number of hydrogen-bond donors (Lipinski definition) is 1. The van der Waals surface area contributed by atoms with Crippen molar-refractivity contribution >= 4 is 23.0 Å². The number of ether oxygens (including phenoxy) is 1. The van der Waals surface area contributed by atoms with Crippen molar-refractivity contribution < 1.29 is 9.53 Å². The van der Waals surface area contributed by atoms with E-state index in [0.717, 1.165) is 5.75 Å². The highest BCUT2D eigenvalue weighted by molar-refractivity contribution is 8.14. The summed E-state index contributed by atoms with van der Waals surface area (Å²) in [5.41, 5.74) is -0.506. The molecule has 0 spiro atoms. The quantitative estimate of drug-likeness (QED) is 0.884. The molecule has 1 atom stereocenters. The van der Waals surface area contributed by atoms with Gasteiger partial charge in [-0.1, -0.05) is 11.8 Å². The lowest BCUT2D eigenvalue weighted by Gasteiger charge is -2.19. The Morgan fingerprint density at radius 2 is 2.42 bits per heavy atom. The van der Waals surface area contributed by atoms with Crippen molar-refractivity contribution in [3.05, 3.63) is 12.7 Å². The minimum absolute atomic E-state index is 0.0941. The number of amides is 1. The topological polar surface area (TPSA) is 81.4 Å². The molecule has 1 aliphatic heterocycles. The van der Waals surface area contributed by atoms with E-state index < -0.39 is 11.7 Å². The van der Waals surface area contributed by atoms with Gasteiger partial charge in [0, 0.05) is 5.75 Å². The molecular formula is C11H17N5O2S. The lowest BCUT2D eigenvalue weighted by atomic mass is 10.2. The number of thioether (sulfide) groups is 1. The third-order valence-corrected chi connectivity index (χ3v) is 3.22. The van der Waals surface area contributed by atoms with Gasteiger partial charge in [-0.15, -0.1) is 0 Å². The highest BCUT2D eigenvalue weighted by Gasteiger charge is 2.23. The van der Waals surface area contributed by atoms with E-state index in [9.17, 15) is 4.79 Å². The monoisotopic (exact) mass is 283 g/mol. The molecule has 0 fully saturated rings. The lowest BCUT2D eigenvalue weighted by molar-refractivity contribution is 0.0564. The van der Waals surface area contributed by atoms with E-state index in [-0.39, 0.29) is 6.04 Å². The fraction of sp³-hybridized carbons (Fsp3) is 0.636. The summed E-state index contributed by atoms with van der Waals surface area (Å²) in [5, 5.41) is 7.28.